The number of carbonyl (C=O) groups excluding carboxylic acids is 5. The molecule has 2 aliphatic heterocycles. The van der Waals surface area contributed by atoms with E-state index < -0.39 is 23.8 Å². The van der Waals surface area contributed by atoms with Crippen LogP contribution in [0.15, 0.2) is 48.5 Å². The Kier molecular flexibility index (Phi) is 8.89. The molecule has 2 aromatic carbocycles. The van der Waals surface area contributed by atoms with Crippen molar-refractivity contribution in [3.05, 3.63) is 65.2 Å². The van der Waals surface area contributed by atoms with Gasteiger partial charge in [0.2, 0.25) is 11.8 Å². The molecular weight excluding hydrogens is 484 g/mol. The predicted molar refractivity (Wildman–Crippen MR) is 143 cm³/mol. The van der Waals surface area contributed by atoms with E-state index in [0.29, 0.717) is 30.9 Å². The van der Waals surface area contributed by atoms with E-state index in [1.54, 1.807) is 18.2 Å². The average molecular weight is 519 g/mol. The van der Waals surface area contributed by atoms with Gasteiger partial charge in [-0.05, 0) is 61.8 Å². The van der Waals surface area contributed by atoms with Gasteiger partial charge in [0.15, 0.2) is 0 Å². The summed E-state index contributed by atoms with van der Waals surface area (Å²) in [6, 6.07) is 14.2. The summed E-state index contributed by atoms with van der Waals surface area (Å²) in [5.74, 6) is -1.29. The van der Waals surface area contributed by atoms with E-state index in [0.717, 1.165) is 43.7 Å². The molecule has 0 aromatic heterocycles. The van der Waals surface area contributed by atoms with Gasteiger partial charge in [-0.15, -0.1) is 0 Å². The maximum Gasteiger partial charge on any atom is 0.262 e. The van der Waals surface area contributed by atoms with Gasteiger partial charge in [0.05, 0.1) is 11.1 Å². The van der Waals surface area contributed by atoms with E-state index >= 15 is 0 Å². The molecule has 38 heavy (non-hydrogen) atoms. The molecular formula is C29H34N4O5. The number of fused-ring (bicyclic) bond motifs is 1. The summed E-state index contributed by atoms with van der Waals surface area (Å²) < 4.78 is 0. The number of imide groups is 1. The molecule has 1 atom stereocenters. The standard InChI is InChI=1S/C29H34N4O5/c30-27(36)25(9-6-18-34)33-28(37)23-12-11-22(19-24(23)29(33)38)31-15-5-4-10-26(35)32-16-13-21(14-17-32)20-7-2-1-3-8-20/h1-3,7-8,11-12,18-19,21,25,31H,4-6,9-10,13-17H2,(H2,30,36). The lowest BCUT2D eigenvalue weighted by Crippen LogP contribution is -2.47. The first-order valence-electron chi connectivity index (χ1n) is 13.2. The highest BCUT2D eigenvalue weighted by atomic mass is 16.2. The largest absolute Gasteiger partial charge is 0.385 e. The first kappa shape index (κ1) is 27.0. The van der Waals surface area contributed by atoms with Gasteiger partial charge in [-0.1, -0.05) is 30.3 Å². The summed E-state index contributed by atoms with van der Waals surface area (Å²) in [4.78, 5) is 63.7. The Morgan fingerprint density at radius 2 is 1.71 bits per heavy atom. The Balaban J connectivity index is 1.22. The molecule has 4 rings (SSSR count). The van der Waals surface area contributed by atoms with Gasteiger partial charge in [-0.3, -0.25) is 24.1 Å². The summed E-state index contributed by atoms with van der Waals surface area (Å²) in [6.07, 6.45) is 4.64. The molecule has 3 N–H and O–H groups in total. The maximum atomic E-state index is 12.9. The summed E-state index contributed by atoms with van der Waals surface area (Å²) in [7, 11) is 0. The van der Waals surface area contributed by atoms with E-state index in [-0.39, 0.29) is 29.9 Å². The van der Waals surface area contributed by atoms with Gasteiger partial charge in [0, 0.05) is 38.2 Å². The van der Waals surface area contributed by atoms with Crippen LogP contribution in [0, 0.1) is 0 Å². The topological polar surface area (TPSA) is 130 Å². The third-order valence-corrected chi connectivity index (χ3v) is 7.38. The number of aldehydes is 1. The number of nitrogens with zero attached hydrogens (tertiary/aromatic N) is 2. The van der Waals surface area contributed by atoms with Crippen molar-refractivity contribution in [3.8, 4) is 0 Å². The van der Waals surface area contributed by atoms with E-state index in [1.165, 1.54) is 5.56 Å². The van der Waals surface area contributed by atoms with Crippen molar-refractivity contribution in [2.24, 2.45) is 5.73 Å². The number of piperidine rings is 1. The number of nitrogens with two attached hydrogens (primary N) is 1. The molecule has 0 aliphatic carbocycles. The highest BCUT2D eigenvalue weighted by molar-refractivity contribution is 6.23. The average Bonchev–Trinajstić information content (AvgIpc) is 3.18. The van der Waals surface area contributed by atoms with Crippen molar-refractivity contribution < 1.29 is 24.0 Å². The normalized spacial score (nSPS) is 16.3. The second-order valence-electron chi connectivity index (χ2n) is 9.85. The molecule has 0 radical (unpaired) electrons. The maximum absolute atomic E-state index is 12.9. The summed E-state index contributed by atoms with van der Waals surface area (Å²) in [5.41, 5.74) is 7.83. The van der Waals surface area contributed by atoms with Gasteiger partial charge in [0.25, 0.3) is 11.8 Å². The molecule has 2 aliphatic rings. The number of anilines is 1. The molecule has 1 unspecified atom stereocenters. The van der Waals surface area contributed by atoms with Gasteiger partial charge < -0.3 is 20.7 Å². The molecule has 2 heterocycles. The van der Waals surface area contributed by atoms with Crippen LogP contribution in [0.5, 0.6) is 0 Å². The smallest absolute Gasteiger partial charge is 0.262 e. The van der Waals surface area contributed by atoms with E-state index in [1.807, 2.05) is 11.0 Å². The van der Waals surface area contributed by atoms with Crippen LogP contribution in [0.2, 0.25) is 0 Å². The minimum Gasteiger partial charge on any atom is -0.385 e. The number of hydrogen-bond donors (Lipinski definition) is 2. The summed E-state index contributed by atoms with van der Waals surface area (Å²) in [5, 5.41) is 3.24. The van der Waals surface area contributed by atoms with Crippen LogP contribution in [0.1, 0.15) is 77.1 Å². The number of primary amides is 1. The van der Waals surface area contributed by atoms with Crippen LogP contribution in [-0.2, 0) is 14.4 Å². The van der Waals surface area contributed by atoms with Crippen LogP contribution >= 0.6 is 0 Å². The quantitative estimate of drug-likeness (QED) is 0.252. The van der Waals surface area contributed by atoms with E-state index in [9.17, 15) is 24.0 Å². The van der Waals surface area contributed by atoms with Crippen LogP contribution in [-0.4, -0.2) is 65.4 Å². The van der Waals surface area contributed by atoms with Gasteiger partial charge in [-0.25, -0.2) is 0 Å². The van der Waals surface area contributed by atoms with Crippen LogP contribution in [0.25, 0.3) is 0 Å². The number of likely N-dealkylation sites (tertiary alicyclic amines) is 1. The fraction of sp³-hybridized carbons (Fsp3) is 0.414. The Bertz CT molecular complexity index is 1190. The summed E-state index contributed by atoms with van der Waals surface area (Å²) in [6.45, 7) is 2.19. The fourth-order valence-electron chi connectivity index (χ4n) is 5.26. The number of benzene rings is 2. The van der Waals surface area contributed by atoms with Crippen LogP contribution in [0.3, 0.4) is 0 Å². The van der Waals surface area contributed by atoms with Crippen molar-refractivity contribution >= 4 is 35.6 Å². The molecule has 9 nitrogen and oxygen atoms in total. The predicted octanol–water partition coefficient (Wildman–Crippen LogP) is 3.10. The second kappa shape index (κ2) is 12.5. The minimum atomic E-state index is -1.16. The van der Waals surface area contributed by atoms with Gasteiger partial charge in [0.1, 0.15) is 12.3 Å². The highest BCUT2D eigenvalue weighted by Crippen LogP contribution is 2.29. The molecule has 0 bridgehead atoms. The SMILES string of the molecule is NC(=O)C(CCC=O)N1C(=O)c2ccc(NCCCCC(=O)N3CCC(c4ccccc4)CC3)cc2C1=O. The minimum absolute atomic E-state index is 0.000828. The van der Waals surface area contributed by atoms with Gasteiger partial charge >= 0.3 is 0 Å². The first-order valence-corrected chi connectivity index (χ1v) is 13.2. The fourth-order valence-corrected chi connectivity index (χ4v) is 5.26. The van der Waals surface area contributed by atoms with Crippen LogP contribution < -0.4 is 11.1 Å². The van der Waals surface area contributed by atoms with Crippen molar-refractivity contribution in [1.82, 2.24) is 9.80 Å². The molecule has 2 aromatic rings. The zero-order chi connectivity index (χ0) is 27.1. The van der Waals surface area contributed by atoms with Crippen molar-refractivity contribution in [2.45, 2.75) is 56.9 Å². The number of carbonyl (C=O) groups is 5. The van der Waals surface area contributed by atoms with E-state index in [4.69, 9.17) is 5.73 Å². The lowest BCUT2D eigenvalue weighted by atomic mass is 9.89. The third-order valence-electron chi connectivity index (χ3n) is 7.38. The molecule has 1 saturated heterocycles. The summed E-state index contributed by atoms with van der Waals surface area (Å²) >= 11 is 0. The molecule has 0 saturated carbocycles. The highest BCUT2D eigenvalue weighted by Gasteiger charge is 2.42. The molecule has 4 amide bonds. The lowest BCUT2D eigenvalue weighted by molar-refractivity contribution is -0.132. The molecule has 9 heteroatoms. The monoisotopic (exact) mass is 518 g/mol. The molecule has 0 spiro atoms. The second-order valence-corrected chi connectivity index (χ2v) is 9.85. The zero-order valence-corrected chi connectivity index (χ0v) is 21.4. The van der Waals surface area contributed by atoms with E-state index in [2.05, 4.69) is 29.6 Å². The number of rotatable bonds is 12. The van der Waals surface area contributed by atoms with Crippen molar-refractivity contribution in [1.29, 1.82) is 0 Å². The number of nitrogens with one attached hydrogen (secondary N) is 1. The third kappa shape index (κ3) is 6.10. The number of amides is 4. The first-order chi connectivity index (χ1) is 18.4. The van der Waals surface area contributed by atoms with Crippen molar-refractivity contribution in [3.63, 3.8) is 0 Å². The Labute approximate surface area is 222 Å². The van der Waals surface area contributed by atoms with Crippen LogP contribution in [0.4, 0.5) is 5.69 Å². The number of hydrogen-bond acceptors (Lipinski definition) is 6. The van der Waals surface area contributed by atoms with Crippen molar-refractivity contribution in [2.75, 3.05) is 25.0 Å². The van der Waals surface area contributed by atoms with Gasteiger partial charge in [-0.2, -0.15) is 0 Å². The Morgan fingerprint density at radius 1 is 1.00 bits per heavy atom. The Morgan fingerprint density at radius 3 is 2.39 bits per heavy atom. The molecule has 1 fully saturated rings. The lowest BCUT2D eigenvalue weighted by Gasteiger charge is -2.32. The zero-order valence-electron chi connectivity index (χ0n) is 21.4. The number of unbranched alkanes of at least 4 members (excludes halogenated alkanes) is 1. The molecule has 200 valence electrons. The Hall–Kier alpha value is -4.01.